The molecule has 13 nitrogen and oxygen atoms in total. The number of ether oxygens (including phenoxy) is 2. The zero-order chi connectivity index (χ0) is 35.8. The number of nitrogens with zero attached hydrogens (tertiary/aromatic N) is 2. The molecule has 3 aliphatic rings. The predicted octanol–water partition coefficient (Wildman–Crippen LogP) is 5.02. The lowest BCUT2D eigenvalue weighted by molar-refractivity contribution is -0.140. The third-order valence-corrected chi connectivity index (χ3v) is 7.88. The number of nitrogens with one attached hydrogen (secondary N) is 2. The maximum atomic E-state index is 13.8. The minimum atomic E-state index is -0.851. The first-order valence-electron chi connectivity index (χ1n) is 16.6. The molecular weight excluding hydrogens is 649 g/mol. The Labute approximate surface area is 297 Å². The number of carbonyl (C=O) groups excluding carboxylic acids is 5. The zero-order valence-corrected chi connectivity index (χ0v) is 28.9. The summed E-state index contributed by atoms with van der Waals surface area (Å²) in [5.74, 6) is -0.364. The van der Waals surface area contributed by atoms with Crippen molar-refractivity contribution in [1.29, 1.82) is 0 Å². The third-order valence-electron chi connectivity index (χ3n) is 7.88. The summed E-state index contributed by atoms with van der Waals surface area (Å²) in [4.78, 5) is 64.2. The molecule has 5 N–H and O–H groups in total. The number of phenolic OH excluding ortho intramolecular Hbond substituents is 1. The van der Waals surface area contributed by atoms with Crippen molar-refractivity contribution in [3.63, 3.8) is 0 Å². The summed E-state index contributed by atoms with van der Waals surface area (Å²) in [6.45, 7) is 6.63. The van der Waals surface area contributed by atoms with Crippen molar-refractivity contribution < 1.29 is 47.5 Å². The van der Waals surface area contributed by atoms with Crippen LogP contribution >= 0.6 is 0 Å². The molecule has 0 saturated carbocycles. The Hall–Kier alpha value is -5.14. The van der Waals surface area contributed by atoms with E-state index in [1.807, 2.05) is 42.5 Å². The molecule has 0 aliphatic carbocycles. The van der Waals surface area contributed by atoms with Crippen LogP contribution in [0, 0.1) is 0 Å². The Bertz CT molecular complexity index is 1430. The standard InChI is InChI=1S/C29H40N4O6.C6H6O.CH3NO.FH.3H2/c1-29(2,3)39-27(36)31-23-14-8-6-4-5-7-11-15-30-25(34)24-16-22(19-33(24)26(23)35)38-28(37)32-17-20-12-9-10-13-21(20)18-32;7-6-4-2-1-3-5-6;2-1-3;;;;/h7,9-13,22-24H,4-6,8,14-19H2,1-3H3,(H,30,34)(H,31,36);1-5,7H;1H,(H2,2,3);4*1H/b11-7-;;;;;;/t22-,23+,24?;;;;;;/m1....../s1. The van der Waals surface area contributed by atoms with E-state index in [1.165, 1.54) is 4.90 Å². The molecule has 50 heavy (non-hydrogen) atoms. The van der Waals surface area contributed by atoms with Gasteiger partial charge in [0.15, 0.2) is 0 Å². The molecule has 0 aromatic heterocycles. The van der Waals surface area contributed by atoms with Crippen LogP contribution in [0.15, 0.2) is 66.7 Å². The molecule has 2 aromatic rings. The summed E-state index contributed by atoms with van der Waals surface area (Å²) in [5, 5.41) is 14.2. The maximum Gasteiger partial charge on any atom is 0.410 e. The van der Waals surface area contributed by atoms with Crippen molar-refractivity contribution in [2.45, 2.75) is 96.2 Å². The van der Waals surface area contributed by atoms with Gasteiger partial charge in [0.25, 0.3) is 0 Å². The van der Waals surface area contributed by atoms with Crippen LogP contribution in [0.2, 0.25) is 0 Å². The van der Waals surface area contributed by atoms with Gasteiger partial charge in [0.2, 0.25) is 18.2 Å². The van der Waals surface area contributed by atoms with Gasteiger partial charge in [-0.05, 0) is 63.3 Å². The first-order valence-corrected chi connectivity index (χ1v) is 16.6. The van der Waals surface area contributed by atoms with Crippen LogP contribution in [-0.2, 0) is 36.9 Å². The van der Waals surface area contributed by atoms with Crippen molar-refractivity contribution in [2.75, 3.05) is 13.1 Å². The molecule has 3 aliphatic heterocycles. The van der Waals surface area contributed by atoms with E-state index in [1.54, 1.807) is 49.9 Å². The molecule has 5 amide bonds. The number of carbonyl (C=O) groups is 5. The van der Waals surface area contributed by atoms with Crippen LogP contribution in [-0.4, -0.2) is 82.2 Å². The lowest BCUT2D eigenvalue weighted by Crippen LogP contribution is -2.54. The number of halogens is 1. The molecule has 3 heterocycles. The number of nitrogens with two attached hydrogens (primary N) is 1. The fraction of sp³-hybridized carbons (Fsp3) is 0.472. The second-order valence-electron chi connectivity index (χ2n) is 12.9. The highest BCUT2D eigenvalue weighted by Crippen LogP contribution is 2.27. The van der Waals surface area contributed by atoms with Crippen LogP contribution < -0.4 is 16.4 Å². The summed E-state index contributed by atoms with van der Waals surface area (Å²) < 4.78 is 11.2. The Morgan fingerprint density at radius 3 is 2.20 bits per heavy atom. The average molecular weight is 706 g/mol. The minimum Gasteiger partial charge on any atom is -0.508 e. The quantitative estimate of drug-likeness (QED) is 0.248. The van der Waals surface area contributed by atoms with Gasteiger partial charge < -0.3 is 35.8 Å². The van der Waals surface area contributed by atoms with Gasteiger partial charge in [0.1, 0.15) is 29.5 Å². The van der Waals surface area contributed by atoms with Gasteiger partial charge in [0, 0.05) is 30.3 Å². The fourth-order valence-corrected chi connectivity index (χ4v) is 5.66. The number of hydrogen-bond acceptors (Lipinski definition) is 8. The number of allylic oxidation sites excluding steroid dienone is 1. The van der Waals surface area contributed by atoms with E-state index in [2.05, 4.69) is 16.4 Å². The summed E-state index contributed by atoms with van der Waals surface area (Å²) in [6.07, 6.45) is 6.48. The van der Waals surface area contributed by atoms with E-state index < -0.39 is 36.0 Å². The predicted molar refractivity (Wildman–Crippen MR) is 192 cm³/mol. The number of hydrogen-bond donors (Lipinski definition) is 4. The van der Waals surface area contributed by atoms with E-state index in [4.69, 9.17) is 19.4 Å². The molecular formula is C36H56FN5O8. The smallest absolute Gasteiger partial charge is 0.410 e. The summed E-state index contributed by atoms with van der Waals surface area (Å²) in [7, 11) is 0. The Balaban J connectivity index is 0. The molecule has 3 atom stereocenters. The number of primary amides is 1. The summed E-state index contributed by atoms with van der Waals surface area (Å²) in [5.41, 5.74) is 5.61. The lowest BCUT2D eigenvalue weighted by Gasteiger charge is -2.29. The molecule has 0 spiro atoms. The van der Waals surface area contributed by atoms with Gasteiger partial charge in [-0.2, -0.15) is 0 Å². The Kier molecular flexibility index (Phi) is 16.7. The summed E-state index contributed by atoms with van der Waals surface area (Å²) >= 11 is 0. The van der Waals surface area contributed by atoms with Gasteiger partial charge >= 0.3 is 12.2 Å². The molecule has 0 bridgehead atoms. The molecule has 1 saturated heterocycles. The largest absolute Gasteiger partial charge is 0.508 e. The molecule has 2 aromatic carbocycles. The SMILES string of the molecule is CC(C)(C)OC(=O)N[C@H]1CCCCC/C=C\CNC(=O)C2C[C@@H](OC(=O)N3Cc4ccccc4C3)CN2C1=O.F.NC=O.Oc1ccccc1.[HH].[HH].[HH]. The van der Waals surface area contributed by atoms with Crippen LogP contribution in [0.25, 0.3) is 0 Å². The van der Waals surface area contributed by atoms with Crippen LogP contribution in [0.1, 0.15) is 74.7 Å². The van der Waals surface area contributed by atoms with Crippen LogP contribution in [0.3, 0.4) is 0 Å². The average Bonchev–Trinajstić information content (AvgIpc) is 3.68. The third kappa shape index (κ3) is 13.4. The van der Waals surface area contributed by atoms with E-state index in [9.17, 15) is 19.2 Å². The monoisotopic (exact) mass is 705 g/mol. The molecule has 280 valence electrons. The highest BCUT2D eigenvalue weighted by atomic mass is 19.0. The summed E-state index contributed by atoms with van der Waals surface area (Å²) in [6, 6.07) is 14.9. The first-order chi connectivity index (χ1) is 23.4. The van der Waals surface area contributed by atoms with Crippen molar-refractivity contribution in [1.82, 2.24) is 20.4 Å². The van der Waals surface area contributed by atoms with Crippen molar-refractivity contribution >= 4 is 30.4 Å². The zero-order valence-electron chi connectivity index (χ0n) is 28.9. The van der Waals surface area contributed by atoms with Crippen molar-refractivity contribution in [2.24, 2.45) is 5.73 Å². The van der Waals surface area contributed by atoms with Crippen LogP contribution in [0.4, 0.5) is 14.3 Å². The van der Waals surface area contributed by atoms with Crippen molar-refractivity contribution in [3.8, 4) is 5.75 Å². The van der Waals surface area contributed by atoms with E-state index in [0.29, 0.717) is 31.8 Å². The van der Waals surface area contributed by atoms with Gasteiger partial charge in [-0.1, -0.05) is 67.5 Å². The number of rotatable bonds is 2. The molecule has 1 fully saturated rings. The number of para-hydroxylation sites is 1. The van der Waals surface area contributed by atoms with Crippen LogP contribution in [0.5, 0.6) is 5.75 Å². The number of amides is 5. The van der Waals surface area contributed by atoms with E-state index in [-0.39, 0.29) is 40.2 Å². The second-order valence-corrected chi connectivity index (χ2v) is 12.9. The maximum absolute atomic E-state index is 13.8. The van der Waals surface area contributed by atoms with E-state index in [0.717, 1.165) is 36.8 Å². The highest BCUT2D eigenvalue weighted by molar-refractivity contribution is 5.92. The molecule has 0 radical (unpaired) electrons. The number of aromatic hydroxyl groups is 1. The van der Waals surface area contributed by atoms with Gasteiger partial charge in [-0.15, -0.1) is 0 Å². The Morgan fingerprint density at radius 2 is 1.62 bits per heavy atom. The van der Waals surface area contributed by atoms with Gasteiger partial charge in [0.05, 0.1) is 6.54 Å². The number of phenols is 1. The second kappa shape index (κ2) is 20.4. The van der Waals surface area contributed by atoms with Gasteiger partial charge in [-0.3, -0.25) is 24.0 Å². The van der Waals surface area contributed by atoms with Gasteiger partial charge in [-0.25, -0.2) is 9.59 Å². The topological polar surface area (TPSA) is 181 Å². The lowest BCUT2D eigenvalue weighted by atomic mass is 10.0. The molecule has 5 rings (SSSR count). The van der Waals surface area contributed by atoms with E-state index >= 15 is 0 Å². The number of benzene rings is 2. The normalized spacial score (nSPS) is 21.1. The number of alkyl carbamates (subject to hydrolysis) is 1. The fourth-order valence-electron chi connectivity index (χ4n) is 5.66. The number of fused-ring (bicyclic) bond motifs is 2. The first kappa shape index (κ1) is 41.0. The molecule has 14 heteroatoms. The minimum absolute atomic E-state index is 0. The highest BCUT2D eigenvalue weighted by Gasteiger charge is 2.44. The Morgan fingerprint density at radius 1 is 1.00 bits per heavy atom. The van der Waals surface area contributed by atoms with Crippen molar-refractivity contribution in [3.05, 3.63) is 77.9 Å². The molecule has 1 unspecified atom stereocenters.